The topological polar surface area (TPSA) is 38.4 Å². The molecule has 0 unspecified atom stereocenters. The van der Waals surface area contributed by atoms with Gasteiger partial charge in [-0.25, -0.2) is 0 Å². The smallest absolute Gasteiger partial charge is 0.161 e. The van der Waals surface area contributed by atoms with E-state index in [2.05, 4.69) is 81.5 Å². The molecular formula is C20H23N5. The van der Waals surface area contributed by atoms with Gasteiger partial charge in [0.25, 0.3) is 0 Å². The van der Waals surface area contributed by atoms with E-state index >= 15 is 0 Å². The predicted octanol–water partition coefficient (Wildman–Crippen LogP) is 3.41. The van der Waals surface area contributed by atoms with Crippen LogP contribution in [0.2, 0.25) is 0 Å². The van der Waals surface area contributed by atoms with Crippen LogP contribution in [-0.4, -0.2) is 38.2 Å². The molecule has 3 heterocycles. The molecule has 0 aliphatic rings. The van der Waals surface area contributed by atoms with Crippen molar-refractivity contribution in [3.8, 4) is 0 Å². The van der Waals surface area contributed by atoms with Gasteiger partial charge in [-0.1, -0.05) is 24.3 Å². The van der Waals surface area contributed by atoms with E-state index in [1.165, 1.54) is 27.9 Å². The number of nitrogens with zero attached hydrogens (tertiary/aromatic N) is 5. The average molecular weight is 333 g/mol. The summed E-state index contributed by atoms with van der Waals surface area (Å²) in [6, 6.07) is 15.3. The van der Waals surface area contributed by atoms with Gasteiger partial charge in [-0.3, -0.25) is 4.40 Å². The van der Waals surface area contributed by atoms with Crippen LogP contribution in [0.15, 0.2) is 42.5 Å². The first-order valence-corrected chi connectivity index (χ1v) is 8.56. The lowest BCUT2D eigenvalue weighted by molar-refractivity contribution is 0.402. The second-order valence-corrected chi connectivity index (χ2v) is 6.97. The van der Waals surface area contributed by atoms with Crippen LogP contribution in [0, 0.1) is 13.8 Å². The number of aromatic nitrogens is 4. The van der Waals surface area contributed by atoms with Gasteiger partial charge in [0.15, 0.2) is 5.65 Å². The van der Waals surface area contributed by atoms with Crippen LogP contribution in [0.3, 0.4) is 0 Å². The number of fused-ring (bicyclic) bond motifs is 3. The summed E-state index contributed by atoms with van der Waals surface area (Å²) in [4.78, 5) is 2.20. The fourth-order valence-corrected chi connectivity index (χ4v) is 3.55. The van der Waals surface area contributed by atoms with Crippen LogP contribution in [0.5, 0.6) is 0 Å². The molecule has 0 aliphatic carbocycles. The molecule has 5 nitrogen and oxygen atoms in total. The van der Waals surface area contributed by atoms with Gasteiger partial charge in [-0.2, -0.15) is 0 Å². The molecular weight excluding hydrogens is 310 g/mol. The molecule has 25 heavy (non-hydrogen) atoms. The predicted molar refractivity (Wildman–Crippen MR) is 101 cm³/mol. The maximum atomic E-state index is 4.23. The molecule has 3 aromatic heterocycles. The molecule has 128 valence electrons. The normalized spacial score (nSPS) is 11.9. The van der Waals surface area contributed by atoms with Crippen LogP contribution in [0.25, 0.3) is 16.7 Å². The molecule has 0 spiro atoms. The van der Waals surface area contributed by atoms with E-state index in [1.54, 1.807) is 0 Å². The van der Waals surface area contributed by atoms with E-state index in [4.69, 9.17) is 0 Å². The highest BCUT2D eigenvalue weighted by Crippen LogP contribution is 2.23. The maximum Gasteiger partial charge on any atom is 0.161 e. The number of hydrogen-bond acceptors (Lipinski definition) is 3. The Morgan fingerprint density at radius 1 is 0.920 bits per heavy atom. The second-order valence-electron chi connectivity index (χ2n) is 6.97. The Labute approximate surface area is 147 Å². The maximum absolute atomic E-state index is 4.23. The number of rotatable bonds is 4. The van der Waals surface area contributed by atoms with Crippen molar-refractivity contribution in [1.82, 2.24) is 24.1 Å². The quantitative estimate of drug-likeness (QED) is 0.574. The third kappa shape index (κ3) is 2.81. The van der Waals surface area contributed by atoms with Crippen molar-refractivity contribution in [1.29, 1.82) is 0 Å². The van der Waals surface area contributed by atoms with Gasteiger partial charge in [0, 0.05) is 18.8 Å². The molecule has 1 aromatic carbocycles. The number of aryl methyl sites for hydroxylation is 2. The van der Waals surface area contributed by atoms with E-state index in [0.29, 0.717) is 0 Å². The molecule has 0 atom stereocenters. The molecule has 5 heteroatoms. The van der Waals surface area contributed by atoms with Crippen LogP contribution in [0.4, 0.5) is 0 Å². The van der Waals surface area contributed by atoms with Crippen LogP contribution >= 0.6 is 0 Å². The summed E-state index contributed by atoms with van der Waals surface area (Å²) in [5.41, 5.74) is 7.19. The Kier molecular flexibility index (Phi) is 3.81. The van der Waals surface area contributed by atoms with E-state index < -0.39 is 0 Å². The molecule has 0 fully saturated rings. The number of hydrogen-bond donors (Lipinski definition) is 0. The lowest BCUT2D eigenvalue weighted by atomic mass is 10.1. The summed E-state index contributed by atoms with van der Waals surface area (Å²) < 4.78 is 4.49. The molecule has 0 N–H and O–H groups in total. The van der Waals surface area contributed by atoms with Gasteiger partial charge in [-0.15, -0.1) is 10.2 Å². The molecule has 4 rings (SSSR count). The monoisotopic (exact) mass is 333 g/mol. The summed E-state index contributed by atoms with van der Waals surface area (Å²) in [6.45, 7) is 5.98. The van der Waals surface area contributed by atoms with Gasteiger partial charge in [0.1, 0.15) is 5.82 Å². The molecule has 0 aliphatic heterocycles. The third-order valence-corrected chi connectivity index (χ3v) is 4.64. The molecule has 4 aromatic rings. The van der Waals surface area contributed by atoms with Crippen molar-refractivity contribution < 1.29 is 0 Å². The largest absolute Gasteiger partial charge is 0.339 e. The fraction of sp³-hybridized carbons (Fsp3) is 0.300. The highest BCUT2D eigenvalue weighted by atomic mass is 15.2. The van der Waals surface area contributed by atoms with Crippen LogP contribution < -0.4 is 0 Å². The highest BCUT2D eigenvalue weighted by Gasteiger charge is 2.12. The summed E-state index contributed by atoms with van der Waals surface area (Å²) in [5, 5.41) is 8.44. The van der Waals surface area contributed by atoms with Crippen LogP contribution in [0.1, 0.15) is 22.6 Å². The fourth-order valence-electron chi connectivity index (χ4n) is 3.55. The first-order chi connectivity index (χ1) is 12.0. The summed E-state index contributed by atoms with van der Waals surface area (Å²) in [5.74, 6) is 0.922. The molecule has 0 saturated carbocycles. The average Bonchev–Trinajstić information content (AvgIpc) is 3.08. The number of benzene rings is 1. The first-order valence-electron chi connectivity index (χ1n) is 8.56. The van der Waals surface area contributed by atoms with Crippen molar-refractivity contribution in [2.45, 2.75) is 26.9 Å². The lowest BCUT2D eigenvalue weighted by Gasteiger charge is -2.13. The zero-order chi connectivity index (χ0) is 17.6. The van der Waals surface area contributed by atoms with E-state index in [1.807, 2.05) is 13.0 Å². The third-order valence-electron chi connectivity index (χ3n) is 4.64. The Bertz CT molecular complexity index is 1050. The highest BCUT2D eigenvalue weighted by molar-refractivity contribution is 5.81. The van der Waals surface area contributed by atoms with Gasteiger partial charge >= 0.3 is 0 Å². The summed E-state index contributed by atoms with van der Waals surface area (Å²) in [7, 11) is 4.20. The molecule has 0 saturated heterocycles. The Morgan fingerprint density at radius 2 is 1.72 bits per heavy atom. The van der Waals surface area contributed by atoms with Crippen molar-refractivity contribution in [3.05, 3.63) is 65.1 Å². The SMILES string of the molecule is Cc1cc2c(ccc3nnc(C)n32)n1Cc1cccc(CN(C)C)c1. The van der Waals surface area contributed by atoms with Gasteiger partial charge < -0.3 is 9.47 Å². The minimum Gasteiger partial charge on any atom is -0.339 e. The first kappa shape index (κ1) is 15.8. The second kappa shape index (κ2) is 6.01. The Hall–Kier alpha value is -2.66. The van der Waals surface area contributed by atoms with E-state index in [-0.39, 0.29) is 0 Å². The molecule has 0 amide bonds. The Balaban J connectivity index is 1.78. The summed E-state index contributed by atoms with van der Waals surface area (Å²) in [6.07, 6.45) is 0. The van der Waals surface area contributed by atoms with Gasteiger partial charge in [0.05, 0.1) is 11.0 Å². The molecule has 0 bridgehead atoms. The van der Waals surface area contributed by atoms with Crippen molar-refractivity contribution in [2.24, 2.45) is 0 Å². The van der Waals surface area contributed by atoms with Crippen molar-refractivity contribution >= 4 is 16.7 Å². The van der Waals surface area contributed by atoms with Gasteiger partial charge in [-0.05, 0) is 57.3 Å². The van der Waals surface area contributed by atoms with Crippen molar-refractivity contribution in [3.63, 3.8) is 0 Å². The van der Waals surface area contributed by atoms with E-state index in [0.717, 1.165) is 24.6 Å². The van der Waals surface area contributed by atoms with Gasteiger partial charge in [0.2, 0.25) is 0 Å². The zero-order valence-corrected chi connectivity index (χ0v) is 15.2. The standard InChI is InChI=1S/C20H23N5/c1-14-10-19-18(8-9-20-22-21-15(2)25(19)20)24(14)13-17-7-5-6-16(11-17)12-23(3)4/h5-11H,12-13H2,1-4H3. The summed E-state index contributed by atoms with van der Waals surface area (Å²) >= 11 is 0. The molecule has 0 radical (unpaired) electrons. The lowest BCUT2D eigenvalue weighted by Crippen LogP contribution is -2.11. The van der Waals surface area contributed by atoms with E-state index in [9.17, 15) is 0 Å². The Morgan fingerprint density at radius 3 is 2.52 bits per heavy atom. The van der Waals surface area contributed by atoms with Crippen LogP contribution in [-0.2, 0) is 13.1 Å². The number of pyridine rings is 1. The van der Waals surface area contributed by atoms with Crippen molar-refractivity contribution in [2.75, 3.05) is 14.1 Å². The minimum absolute atomic E-state index is 0.864. The minimum atomic E-state index is 0.864. The zero-order valence-electron chi connectivity index (χ0n) is 15.2.